The summed E-state index contributed by atoms with van der Waals surface area (Å²) < 4.78 is 12.5. The maximum atomic E-state index is 6.28. The van der Waals surface area contributed by atoms with Crippen molar-refractivity contribution in [2.24, 2.45) is 0 Å². The molecule has 52 heavy (non-hydrogen) atoms. The second-order valence-corrected chi connectivity index (χ2v) is 13.2. The Morgan fingerprint density at radius 2 is 0.865 bits per heavy atom. The van der Waals surface area contributed by atoms with Crippen molar-refractivity contribution in [3.63, 3.8) is 0 Å². The smallest absolute Gasteiger partial charge is 0.164 e. The largest absolute Gasteiger partial charge is 0.456 e. The van der Waals surface area contributed by atoms with Gasteiger partial charge in [-0.25, -0.2) is 15.0 Å². The number of furan rings is 2. The van der Waals surface area contributed by atoms with E-state index < -0.39 is 0 Å². The van der Waals surface area contributed by atoms with Crippen molar-refractivity contribution in [3.05, 3.63) is 164 Å². The van der Waals surface area contributed by atoms with Gasteiger partial charge in [-0.05, 0) is 75.1 Å². The monoisotopic (exact) mass is 665 g/mol. The molecule has 0 saturated heterocycles. The fourth-order valence-corrected chi connectivity index (χ4v) is 7.59. The van der Waals surface area contributed by atoms with Crippen LogP contribution in [0.5, 0.6) is 0 Å². The molecule has 0 N–H and O–H groups in total. The van der Waals surface area contributed by atoms with Crippen molar-refractivity contribution >= 4 is 65.4 Å². The fourth-order valence-electron chi connectivity index (χ4n) is 7.59. The number of aromatic nitrogens is 3. The van der Waals surface area contributed by atoms with E-state index in [2.05, 4.69) is 115 Å². The van der Waals surface area contributed by atoms with E-state index in [0.29, 0.717) is 17.5 Å². The van der Waals surface area contributed by atoms with E-state index in [1.54, 1.807) is 0 Å². The Kier molecular flexibility index (Phi) is 6.18. The zero-order chi connectivity index (χ0) is 34.2. The molecule has 0 fully saturated rings. The molecule has 5 nitrogen and oxygen atoms in total. The normalized spacial score (nSPS) is 11.8. The van der Waals surface area contributed by atoms with E-state index in [4.69, 9.17) is 23.8 Å². The molecule has 11 aromatic rings. The third-order valence-electron chi connectivity index (χ3n) is 10.1. The number of hydrogen-bond donors (Lipinski definition) is 0. The number of fused-ring (bicyclic) bond motifs is 9. The third kappa shape index (κ3) is 4.53. The molecule has 3 heterocycles. The first-order valence-electron chi connectivity index (χ1n) is 17.3. The average molecular weight is 666 g/mol. The summed E-state index contributed by atoms with van der Waals surface area (Å²) in [6.45, 7) is 0. The first kappa shape index (κ1) is 28.7. The van der Waals surface area contributed by atoms with E-state index in [1.165, 1.54) is 5.56 Å². The molecule has 0 amide bonds. The van der Waals surface area contributed by atoms with E-state index in [1.807, 2.05) is 48.5 Å². The standard InChI is InChI=1S/C47H27N3O2/c1-2-9-28(10-3-1)31-20-17-29-18-21-32(26-34(29)25-31)45-48-46(50-47(49-45)37-13-8-16-41-43(37)35-11-4-6-14-39(35)51-41)33-22-19-30-23-24-42-44(38(30)27-33)36-12-5-7-15-40(36)52-42/h1-27H. The lowest BCUT2D eigenvalue weighted by Gasteiger charge is -2.11. The Morgan fingerprint density at radius 3 is 1.63 bits per heavy atom. The molecule has 0 atom stereocenters. The lowest BCUT2D eigenvalue weighted by atomic mass is 9.99. The molecule has 0 aliphatic heterocycles. The van der Waals surface area contributed by atoms with Gasteiger partial charge in [-0.15, -0.1) is 0 Å². The van der Waals surface area contributed by atoms with Crippen LogP contribution in [0.2, 0.25) is 0 Å². The van der Waals surface area contributed by atoms with Gasteiger partial charge in [0, 0.05) is 38.2 Å². The van der Waals surface area contributed by atoms with Crippen LogP contribution in [0, 0.1) is 0 Å². The van der Waals surface area contributed by atoms with E-state index in [9.17, 15) is 0 Å². The van der Waals surface area contributed by atoms with Gasteiger partial charge < -0.3 is 8.83 Å². The Balaban J connectivity index is 1.15. The maximum absolute atomic E-state index is 6.28. The third-order valence-corrected chi connectivity index (χ3v) is 10.1. The fraction of sp³-hybridized carbons (Fsp3) is 0. The highest BCUT2D eigenvalue weighted by molar-refractivity contribution is 6.19. The molecule has 0 spiro atoms. The predicted octanol–water partition coefficient (Wildman–Crippen LogP) is 12.6. The van der Waals surface area contributed by atoms with Gasteiger partial charge in [-0.2, -0.15) is 0 Å². The maximum Gasteiger partial charge on any atom is 0.164 e. The molecular weight excluding hydrogens is 639 g/mol. The van der Waals surface area contributed by atoms with Gasteiger partial charge >= 0.3 is 0 Å². The van der Waals surface area contributed by atoms with Crippen molar-refractivity contribution in [1.29, 1.82) is 0 Å². The molecule has 3 aromatic heterocycles. The van der Waals surface area contributed by atoms with Crippen LogP contribution in [0.15, 0.2) is 173 Å². The molecule has 0 aliphatic rings. The van der Waals surface area contributed by atoms with Crippen LogP contribution in [0.3, 0.4) is 0 Å². The molecule has 0 saturated carbocycles. The summed E-state index contributed by atoms with van der Waals surface area (Å²) >= 11 is 0. The average Bonchev–Trinajstić information content (AvgIpc) is 3.79. The minimum Gasteiger partial charge on any atom is -0.456 e. The van der Waals surface area contributed by atoms with Crippen LogP contribution < -0.4 is 0 Å². The zero-order valence-electron chi connectivity index (χ0n) is 27.7. The van der Waals surface area contributed by atoms with Gasteiger partial charge in [-0.3, -0.25) is 0 Å². The molecule has 8 aromatic carbocycles. The van der Waals surface area contributed by atoms with Gasteiger partial charge in [0.1, 0.15) is 22.3 Å². The van der Waals surface area contributed by atoms with Crippen LogP contribution in [0.1, 0.15) is 0 Å². The lowest BCUT2D eigenvalue weighted by molar-refractivity contribution is 0.668. The summed E-state index contributed by atoms with van der Waals surface area (Å²) in [5.41, 5.74) is 8.38. The second kappa shape index (κ2) is 11.2. The van der Waals surface area contributed by atoms with Gasteiger partial charge in [0.2, 0.25) is 0 Å². The van der Waals surface area contributed by atoms with Gasteiger partial charge in [-0.1, -0.05) is 121 Å². The topological polar surface area (TPSA) is 65.0 Å². The highest BCUT2D eigenvalue weighted by Crippen LogP contribution is 2.39. The Labute approximate surface area is 297 Å². The highest BCUT2D eigenvalue weighted by atomic mass is 16.3. The van der Waals surface area contributed by atoms with Crippen LogP contribution in [0.25, 0.3) is 111 Å². The summed E-state index contributed by atoms with van der Waals surface area (Å²) in [5, 5.41) is 8.66. The van der Waals surface area contributed by atoms with Crippen LogP contribution in [0.4, 0.5) is 0 Å². The van der Waals surface area contributed by atoms with Crippen molar-refractivity contribution in [3.8, 4) is 45.3 Å². The van der Waals surface area contributed by atoms with E-state index in [-0.39, 0.29) is 0 Å². The summed E-state index contributed by atoms with van der Waals surface area (Å²) in [5.74, 6) is 1.78. The lowest BCUT2D eigenvalue weighted by Crippen LogP contribution is -2.00. The first-order valence-corrected chi connectivity index (χ1v) is 17.3. The van der Waals surface area contributed by atoms with E-state index >= 15 is 0 Å². The molecule has 0 bridgehead atoms. The number of rotatable bonds is 4. The van der Waals surface area contributed by atoms with Crippen molar-refractivity contribution in [2.45, 2.75) is 0 Å². The Hall–Kier alpha value is -7.11. The van der Waals surface area contributed by atoms with Crippen LogP contribution >= 0.6 is 0 Å². The SMILES string of the molecule is c1ccc(-c2ccc3ccc(-c4nc(-c5ccc6ccc7oc8ccccc8c7c6c5)nc(-c5cccc6oc7ccccc7c56)n4)cc3c2)cc1. The zero-order valence-corrected chi connectivity index (χ0v) is 27.7. The first-order chi connectivity index (χ1) is 25.7. The van der Waals surface area contributed by atoms with Crippen LogP contribution in [-0.2, 0) is 0 Å². The molecule has 11 rings (SSSR count). The quantitative estimate of drug-likeness (QED) is 0.187. The van der Waals surface area contributed by atoms with Crippen molar-refractivity contribution < 1.29 is 8.83 Å². The number of hydrogen-bond acceptors (Lipinski definition) is 5. The number of nitrogens with zero attached hydrogens (tertiary/aromatic N) is 3. The molecule has 242 valence electrons. The van der Waals surface area contributed by atoms with Crippen molar-refractivity contribution in [2.75, 3.05) is 0 Å². The molecule has 0 unspecified atom stereocenters. The Morgan fingerprint density at radius 1 is 0.308 bits per heavy atom. The molecule has 5 heteroatoms. The minimum atomic E-state index is 0.586. The predicted molar refractivity (Wildman–Crippen MR) is 211 cm³/mol. The summed E-state index contributed by atoms with van der Waals surface area (Å²) in [6.07, 6.45) is 0. The Bertz CT molecular complexity index is 3190. The summed E-state index contributed by atoms with van der Waals surface area (Å²) in [4.78, 5) is 15.6. The van der Waals surface area contributed by atoms with Gasteiger partial charge in [0.25, 0.3) is 0 Å². The highest BCUT2D eigenvalue weighted by Gasteiger charge is 2.19. The summed E-state index contributed by atoms with van der Waals surface area (Å²) in [7, 11) is 0. The van der Waals surface area contributed by atoms with Gasteiger partial charge in [0.05, 0.1) is 0 Å². The summed E-state index contributed by atoms with van der Waals surface area (Å²) in [6, 6.07) is 56.4. The minimum absolute atomic E-state index is 0.586. The second-order valence-electron chi connectivity index (χ2n) is 13.2. The van der Waals surface area contributed by atoms with Gasteiger partial charge in [0.15, 0.2) is 17.5 Å². The van der Waals surface area contributed by atoms with Crippen LogP contribution in [-0.4, -0.2) is 15.0 Å². The molecule has 0 aliphatic carbocycles. The number of benzene rings is 8. The number of para-hydroxylation sites is 2. The molecule has 0 radical (unpaired) electrons. The van der Waals surface area contributed by atoms with E-state index in [0.717, 1.165) is 87.7 Å². The van der Waals surface area contributed by atoms with Crippen molar-refractivity contribution in [1.82, 2.24) is 15.0 Å². The molecular formula is C47H27N3O2.